The van der Waals surface area contributed by atoms with Gasteiger partial charge in [-0.1, -0.05) is 48.5 Å². The maximum absolute atomic E-state index is 2.58. The maximum atomic E-state index is 2.58. The van der Waals surface area contributed by atoms with Crippen molar-refractivity contribution in [3.8, 4) is 0 Å². The highest BCUT2D eigenvalue weighted by molar-refractivity contribution is 5.83. The number of piperidine rings is 1. The second-order valence-electron chi connectivity index (χ2n) is 8.64. The first-order chi connectivity index (χ1) is 13.7. The van der Waals surface area contributed by atoms with Crippen LogP contribution < -0.4 is 4.90 Å². The lowest BCUT2D eigenvalue weighted by Gasteiger charge is -2.39. The highest BCUT2D eigenvalue weighted by Crippen LogP contribution is 2.41. The highest BCUT2D eigenvalue weighted by atomic mass is 15.1. The van der Waals surface area contributed by atoms with E-state index < -0.39 is 0 Å². The molecule has 28 heavy (non-hydrogen) atoms. The third-order valence-corrected chi connectivity index (χ3v) is 6.92. The topological polar surface area (TPSA) is 6.48 Å². The third-order valence-electron chi connectivity index (χ3n) is 6.92. The first-order valence-corrected chi connectivity index (χ1v) is 10.8. The van der Waals surface area contributed by atoms with E-state index in [1.807, 2.05) is 0 Å². The van der Waals surface area contributed by atoms with Crippen molar-refractivity contribution in [3.63, 3.8) is 0 Å². The SMILES string of the molecule is CC1c2cc(N3CCCCC3)ccc2C(c2ccc3ccccc3c2)CN1C. The molecule has 1 saturated heterocycles. The molecule has 2 heterocycles. The lowest BCUT2D eigenvalue weighted by Crippen LogP contribution is -2.35. The van der Waals surface area contributed by atoms with E-state index in [0.717, 1.165) is 6.54 Å². The number of rotatable bonds is 2. The number of nitrogens with zero attached hydrogens (tertiary/aromatic N) is 2. The van der Waals surface area contributed by atoms with Crippen molar-refractivity contribution >= 4 is 16.5 Å². The molecule has 2 atom stereocenters. The number of hydrogen-bond donors (Lipinski definition) is 0. The van der Waals surface area contributed by atoms with Gasteiger partial charge in [-0.05, 0) is 72.8 Å². The zero-order valence-electron chi connectivity index (χ0n) is 17.1. The van der Waals surface area contributed by atoms with Gasteiger partial charge in [0.25, 0.3) is 0 Å². The van der Waals surface area contributed by atoms with Crippen LogP contribution >= 0.6 is 0 Å². The van der Waals surface area contributed by atoms with Crippen molar-refractivity contribution < 1.29 is 0 Å². The number of anilines is 1. The van der Waals surface area contributed by atoms with E-state index >= 15 is 0 Å². The summed E-state index contributed by atoms with van der Waals surface area (Å²) in [5, 5.41) is 2.66. The summed E-state index contributed by atoms with van der Waals surface area (Å²) < 4.78 is 0. The van der Waals surface area contributed by atoms with Gasteiger partial charge in [0.1, 0.15) is 0 Å². The first-order valence-electron chi connectivity index (χ1n) is 10.8. The second-order valence-corrected chi connectivity index (χ2v) is 8.64. The molecule has 0 amide bonds. The van der Waals surface area contributed by atoms with Crippen molar-refractivity contribution in [3.05, 3.63) is 77.4 Å². The Labute approximate surface area is 168 Å². The molecular weight excluding hydrogens is 340 g/mol. The largest absolute Gasteiger partial charge is 0.372 e. The normalized spacial score (nSPS) is 23.0. The summed E-state index contributed by atoms with van der Waals surface area (Å²) in [6.45, 7) is 5.85. The Bertz CT molecular complexity index is 987. The minimum Gasteiger partial charge on any atom is -0.372 e. The van der Waals surface area contributed by atoms with Crippen LogP contribution in [0.1, 0.15) is 54.8 Å². The molecule has 0 N–H and O–H groups in total. The van der Waals surface area contributed by atoms with Crippen LogP contribution in [-0.4, -0.2) is 31.6 Å². The van der Waals surface area contributed by atoms with E-state index in [2.05, 4.69) is 84.4 Å². The summed E-state index contributed by atoms with van der Waals surface area (Å²) in [6, 6.07) is 23.4. The van der Waals surface area contributed by atoms with Crippen molar-refractivity contribution in [2.45, 2.75) is 38.1 Å². The fraction of sp³-hybridized carbons (Fsp3) is 0.385. The van der Waals surface area contributed by atoms with E-state index in [1.165, 1.54) is 65.5 Å². The molecule has 2 nitrogen and oxygen atoms in total. The predicted octanol–water partition coefficient (Wildman–Crippen LogP) is 5.97. The number of benzene rings is 3. The van der Waals surface area contributed by atoms with Crippen LogP contribution in [0.3, 0.4) is 0 Å². The van der Waals surface area contributed by atoms with E-state index in [-0.39, 0.29) is 0 Å². The van der Waals surface area contributed by atoms with Crippen molar-refractivity contribution in [1.29, 1.82) is 0 Å². The highest BCUT2D eigenvalue weighted by Gasteiger charge is 2.30. The summed E-state index contributed by atoms with van der Waals surface area (Å²) in [5.74, 6) is 0.441. The van der Waals surface area contributed by atoms with Gasteiger partial charge >= 0.3 is 0 Å². The second kappa shape index (κ2) is 7.25. The van der Waals surface area contributed by atoms with Crippen molar-refractivity contribution in [1.82, 2.24) is 4.90 Å². The molecule has 0 saturated carbocycles. The Morgan fingerprint density at radius 2 is 1.57 bits per heavy atom. The average Bonchev–Trinajstić information content (AvgIpc) is 2.76. The van der Waals surface area contributed by atoms with Gasteiger partial charge in [0.15, 0.2) is 0 Å². The molecule has 0 bridgehead atoms. The van der Waals surface area contributed by atoms with Crippen LogP contribution in [0.5, 0.6) is 0 Å². The van der Waals surface area contributed by atoms with Gasteiger partial charge in [-0.15, -0.1) is 0 Å². The molecule has 3 aromatic rings. The number of likely N-dealkylation sites (N-methyl/N-ethyl adjacent to an activating group) is 1. The Hall–Kier alpha value is -2.32. The molecule has 2 aliphatic heterocycles. The molecule has 3 aromatic carbocycles. The standard InChI is InChI=1S/C26H30N2/c1-19-25-17-23(28-14-6-3-7-15-28)12-13-24(25)26(18-27(19)2)22-11-10-20-8-4-5-9-21(20)16-22/h4-5,8-13,16-17,19,26H,3,6-7,14-15,18H2,1-2H3. The fourth-order valence-corrected chi connectivity index (χ4v) is 5.08. The van der Waals surface area contributed by atoms with Crippen molar-refractivity contribution in [2.24, 2.45) is 0 Å². The van der Waals surface area contributed by atoms with E-state index in [0.29, 0.717) is 12.0 Å². The molecule has 0 aliphatic carbocycles. The molecule has 1 fully saturated rings. The molecule has 144 valence electrons. The summed E-state index contributed by atoms with van der Waals surface area (Å²) in [5.41, 5.74) is 5.87. The zero-order valence-corrected chi connectivity index (χ0v) is 17.1. The lowest BCUT2D eigenvalue weighted by molar-refractivity contribution is 0.234. The van der Waals surface area contributed by atoms with Gasteiger partial charge in [-0.2, -0.15) is 0 Å². The Kier molecular flexibility index (Phi) is 4.60. The van der Waals surface area contributed by atoms with Crippen LogP contribution in [0.25, 0.3) is 10.8 Å². The molecule has 2 heteroatoms. The smallest absolute Gasteiger partial charge is 0.0369 e. The molecule has 2 unspecified atom stereocenters. The summed E-state index contributed by atoms with van der Waals surface area (Å²) >= 11 is 0. The van der Waals surface area contributed by atoms with Gasteiger partial charge in [0.05, 0.1) is 0 Å². The lowest BCUT2D eigenvalue weighted by atomic mass is 9.81. The van der Waals surface area contributed by atoms with E-state index in [4.69, 9.17) is 0 Å². The van der Waals surface area contributed by atoms with Crippen LogP contribution in [0.4, 0.5) is 5.69 Å². The van der Waals surface area contributed by atoms with Gasteiger partial charge in [0.2, 0.25) is 0 Å². The fourth-order valence-electron chi connectivity index (χ4n) is 5.08. The Morgan fingerprint density at radius 1 is 0.786 bits per heavy atom. The van der Waals surface area contributed by atoms with Crippen LogP contribution in [0, 0.1) is 0 Å². The average molecular weight is 371 g/mol. The van der Waals surface area contributed by atoms with E-state index in [1.54, 1.807) is 0 Å². The summed E-state index contributed by atoms with van der Waals surface area (Å²) in [6.07, 6.45) is 4.03. The van der Waals surface area contributed by atoms with E-state index in [9.17, 15) is 0 Å². The molecule has 0 spiro atoms. The van der Waals surface area contributed by atoms with Crippen LogP contribution in [0.15, 0.2) is 60.7 Å². The zero-order chi connectivity index (χ0) is 19.1. The quantitative estimate of drug-likeness (QED) is 0.548. The molecule has 0 aromatic heterocycles. The predicted molar refractivity (Wildman–Crippen MR) is 119 cm³/mol. The maximum Gasteiger partial charge on any atom is 0.0369 e. The first kappa shape index (κ1) is 17.8. The third kappa shape index (κ3) is 3.10. The Balaban J connectivity index is 1.56. The summed E-state index contributed by atoms with van der Waals surface area (Å²) in [7, 11) is 2.27. The van der Waals surface area contributed by atoms with Gasteiger partial charge in [-0.25, -0.2) is 0 Å². The minimum atomic E-state index is 0.441. The minimum absolute atomic E-state index is 0.441. The van der Waals surface area contributed by atoms with Gasteiger partial charge in [0, 0.05) is 37.3 Å². The molecule has 5 rings (SSSR count). The molecule has 0 radical (unpaired) electrons. The molecule has 2 aliphatic rings. The Morgan fingerprint density at radius 3 is 2.39 bits per heavy atom. The molecular formula is C26H30N2. The monoisotopic (exact) mass is 370 g/mol. The van der Waals surface area contributed by atoms with Crippen LogP contribution in [0.2, 0.25) is 0 Å². The summed E-state index contributed by atoms with van der Waals surface area (Å²) in [4.78, 5) is 5.10. The van der Waals surface area contributed by atoms with Crippen molar-refractivity contribution in [2.75, 3.05) is 31.6 Å². The number of fused-ring (bicyclic) bond motifs is 2. The number of hydrogen-bond acceptors (Lipinski definition) is 2. The van der Waals surface area contributed by atoms with Gasteiger partial charge in [-0.3, -0.25) is 4.90 Å². The van der Waals surface area contributed by atoms with Crippen LogP contribution in [-0.2, 0) is 0 Å². The van der Waals surface area contributed by atoms with Gasteiger partial charge < -0.3 is 4.90 Å².